The Bertz CT molecular complexity index is 189. The van der Waals surface area contributed by atoms with E-state index in [-0.39, 0.29) is 11.9 Å². The fourth-order valence-corrected chi connectivity index (χ4v) is 1.31. The van der Waals surface area contributed by atoms with Crippen molar-refractivity contribution in [1.82, 2.24) is 10.6 Å². The molecule has 1 fully saturated rings. The molecule has 1 heterocycles. The van der Waals surface area contributed by atoms with E-state index in [4.69, 9.17) is 0 Å². The summed E-state index contributed by atoms with van der Waals surface area (Å²) < 4.78 is 0. The fourth-order valence-electron chi connectivity index (χ4n) is 1.31. The number of amides is 1. The van der Waals surface area contributed by atoms with Gasteiger partial charge in [-0.3, -0.25) is 4.79 Å². The van der Waals surface area contributed by atoms with Gasteiger partial charge in [-0.1, -0.05) is 68.7 Å². The van der Waals surface area contributed by atoms with Gasteiger partial charge in [-0.05, 0) is 18.3 Å². The zero-order valence-corrected chi connectivity index (χ0v) is 15.5. The zero-order chi connectivity index (χ0) is 16.6. The van der Waals surface area contributed by atoms with Crippen LogP contribution in [0.4, 0.5) is 0 Å². The Labute approximate surface area is 128 Å². The molecule has 1 aliphatic heterocycles. The molecule has 0 spiro atoms. The average molecular weight is 289 g/mol. The highest BCUT2D eigenvalue weighted by Gasteiger charge is 2.21. The molecule has 1 aliphatic rings. The summed E-state index contributed by atoms with van der Waals surface area (Å²) in [5, 5.41) is 6.02. The first kappa shape index (κ1) is 24.4. The second-order valence-corrected chi connectivity index (χ2v) is 5.87. The van der Waals surface area contributed by atoms with Crippen LogP contribution in [0.5, 0.6) is 0 Å². The molecule has 1 rings (SSSR count). The molecule has 1 unspecified atom stereocenters. The first-order valence-corrected chi connectivity index (χ1v) is 8.36. The highest BCUT2D eigenvalue weighted by Crippen LogP contribution is 2.05. The minimum atomic E-state index is 0.0451. The first-order valence-electron chi connectivity index (χ1n) is 8.36. The molecule has 0 aromatic carbocycles. The number of hydrogen-bond donors (Lipinski definition) is 2. The quantitative estimate of drug-likeness (QED) is 0.798. The van der Waals surface area contributed by atoms with E-state index < -0.39 is 0 Å². The van der Waals surface area contributed by atoms with E-state index in [2.05, 4.69) is 59.1 Å². The molecule has 1 atom stereocenters. The van der Waals surface area contributed by atoms with E-state index in [1.54, 1.807) is 0 Å². The lowest BCUT2D eigenvalue weighted by atomic mass is 10.0. The van der Waals surface area contributed by atoms with Crippen molar-refractivity contribution in [2.45, 2.75) is 81.2 Å². The molecule has 20 heavy (non-hydrogen) atoms. The van der Waals surface area contributed by atoms with Crippen LogP contribution in [0.3, 0.4) is 0 Å². The number of hydrogen-bond acceptors (Lipinski definition) is 2. The maximum atomic E-state index is 11.2. The second kappa shape index (κ2) is 18.4. The summed E-state index contributed by atoms with van der Waals surface area (Å²) in [6, 6.07) is 0.0451. The third-order valence-electron chi connectivity index (χ3n) is 1.84. The summed E-state index contributed by atoms with van der Waals surface area (Å²) in [6.07, 6.45) is 2.19. The van der Waals surface area contributed by atoms with Crippen LogP contribution in [-0.2, 0) is 4.79 Å². The van der Waals surface area contributed by atoms with Gasteiger partial charge in [0.25, 0.3) is 0 Å². The van der Waals surface area contributed by atoms with Gasteiger partial charge < -0.3 is 10.6 Å². The van der Waals surface area contributed by atoms with Gasteiger partial charge in [0.2, 0.25) is 5.91 Å². The van der Waals surface area contributed by atoms with Crippen molar-refractivity contribution in [1.29, 1.82) is 0 Å². The predicted molar refractivity (Wildman–Crippen MR) is 92.1 cm³/mol. The lowest BCUT2D eigenvalue weighted by Crippen LogP contribution is -2.53. The molecular formula is C17H40N2O. The molecule has 2 N–H and O–H groups in total. The lowest BCUT2D eigenvalue weighted by Gasteiger charge is -2.24. The third-order valence-corrected chi connectivity index (χ3v) is 1.84. The molecule has 0 saturated carbocycles. The van der Waals surface area contributed by atoms with Gasteiger partial charge >= 0.3 is 0 Å². The minimum absolute atomic E-state index is 0.0451. The number of carbonyl (C=O) groups is 1. The second-order valence-electron chi connectivity index (χ2n) is 5.87. The summed E-state index contributed by atoms with van der Waals surface area (Å²) in [5.41, 5.74) is 0. The molecule has 0 radical (unpaired) electrons. The smallest absolute Gasteiger partial charge is 0.237 e. The summed E-state index contributed by atoms with van der Waals surface area (Å²) in [7, 11) is 0. The van der Waals surface area contributed by atoms with Crippen molar-refractivity contribution in [3.8, 4) is 0 Å². The summed E-state index contributed by atoms with van der Waals surface area (Å²) in [6.45, 7) is 20.7. The Morgan fingerprint density at radius 1 is 1.05 bits per heavy atom. The van der Waals surface area contributed by atoms with E-state index in [1.165, 1.54) is 6.42 Å². The van der Waals surface area contributed by atoms with Crippen LogP contribution in [0.25, 0.3) is 0 Å². The minimum Gasteiger partial charge on any atom is -0.353 e. The van der Waals surface area contributed by atoms with E-state index in [1.807, 2.05) is 13.8 Å². The van der Waals surface area contributed by atoms with Crippen molar-refractivity contribution >= 4 is 5.91 Å². The Kier molecular flexibility index (Phi) is 22.5. The van der Waals surface area contributed by atoms with Gasteiger partial charge in [0.15, 0.2) is 0 Å². The number of carbonyl (C=O) groups excluding carboxylic acids is 1. The van der Waals surface area contributed by atoms with Crippen molar-refractivity contribution in [2.24, 2.45) is 11.8 Å². The van der Waals surface area contributed by atoms with Gasteiger partial charge in [0.1, 0.15) is 0 Å². The van der Waals surface area contributed by atoms with Gasteiger partial charge in [-0.15, -0.1) is 0 Å². The van der Waals surface area contributed by atoms with Crippen molar-refractivity contribution in [3.05, 3.63) is 0 Å². The monoisotopic (exact) mass is 288 g/mol. The normalized spacial score (nSPS) is 16.9. The number of rotatable bonds is 2. The maximum Gasteiger partial charge on any atom is 0.237 e. The molecule has 0 bridgehead atoms. The third kappa shape index (κ3) is 22.6. The van der Waals surface area contributed by atoms with Gasteiger partial charge in [-0.25, -0.2) is 0 Å². The van der Waals surface area contributed by atoms with Crippen LogP contribution in [0.2, 0.25) is 0 Å². The maximum absolute atomic E-state index is 11.2. The van der Waals surface area contributed by atoms with Crippen LogP contribution in [0.15, 0.2) is 0 Å². The van der Waals surface area contributed by atoms with Crippen LogP contribution >= 0.6 is 0 Å². The average Bonchev–Trinajstić information content (AvgIpc) is 2.34. The molecule has 0 aromatic heterocycles. The van der Waals surface area contributed by atoms with E-state index >= 15 is 0 Å². The highest BCUT2D eigenvalue weighted by atomic mass is 16.2. The highest BCUT2D eigenvalue weighted by molar-refractivity contribution is 5.82. The zero-order valence-electron chi connectivity index (χ0n) is 15.5. The topological polar surface area (TPSA) is 41.1 Å². The Morgan fingerprint density at radius 3 is 1.75 bits per heavy atom. The van der Waals surface area contributed by atoms with Gasteiger partial charge in [0.05, 0.1) is 6.04 Å². The standard InChI is InChI=1S/C8H16N2O.C4H10.C3H8.C2H6/c1-6(2)5-7-8(11)10-4-3-9-7;1-4(2)3;1-3-2;1-2/h6-7,9H,3-5H2,1-2H3,(H,10,11);4H,1-3H3;3H2,1-2H3;1-2H3. The first-order chi connectivity index (χ1) is 9.34. The van der Waals surface area contributed by atoms with E-state index in [0.29, 0.717) is 5.92 Å². The van der Waals surface area contributed by atoms with E-state index in [0.717, 1.165) is 25.4 Å². The Balaban J connectivity index is -0.000000269. The Morgan fingerprint density at radius 2 is 1.45 bits per heavy atom. The van der Waals surface area contributed by atoms with Crippen molar-refractivity contribution in [2.75, 3.05) is 13.1 Å². The molecule has 1 amide bonds. The summed E-state index contributed by atoms with van der Waals surface area (Å²) in [4.78, 5) is 11.2. The molecule has 0 aliphatic carbocycles. The van der Waals surface area contributed by atoms with Crippen LogP contribution < -0.4 is 10.6 Å². The largest absolute Gasteiger partial charge is 0.353 e. The van der Waals surface area contributed by atoms with Crippen molar-refractivity contribution < 1.29 is 4.79 Å². The summed E-state index contributed by atoms with van der Waals surface area (Å²) >= 11 is 0. The molecule has 3 nitrogen and oxygen atoms in total. The molecule has 1 saturated heterocycles. The van der Waals surface area contributed by atoms with Crippen LogP contribution in [-0.4, -0.2) is 25.0 Å². The van der Waals surface area contributed by atoms with Gasteiger partial charge in [-0.2, -0.15) is 0 Å². The predicted octanol–water partition coefficient (Wildman–Crippen LogP) is 4.23. The number of nitrogens with one attached hydrogen (secondary N) is 2. The number of piperazine rings is 1. The van der Waals surface area contributed by atoms with Gasteiger partial charge in [0, 0.05) is 13.1 Å². The molecule has 3 heteroatoms. The van der Waals surface area contributed by atoms with E-state index in [9.17, 15) is 4.79 Å². The summed E-state index contributed by atoms with van der Waals surface area (Å²) in [5.74, 6) is 1.57. The van der Waals surface area contributed by atoms with Crippen LogP contribution in [0, 0.1) is 11.8 Å². The SMILES string of the molecule is CC.CC(C)C.CC(C)CC1NCCNC1=O.CCC. The Hall–Kier alpha value is -0.570. The van der Waals surface area contributed by atoms with Crippen molar-refractivity contribution in [3.63, 3.8) is 0 Å². The fraction of sp³-hybridized carbons (Fsp3) is 0.941. The molecule has 124 valence electrons. The lowest BCUT2D eigenvalue weighted by molar-refractivity contribution is -0.124. The molecule has 0 aromatic rings. The van der Waals surface area contributed by atoms with Crippen LogP contribution in [0.1, 0.15) is 75.2 Å². The molecular weight excluding hydrogens is 248 g/mol.